The monoisotopic (exact) mass is 264 g/mol. The van der Waals surface area contributed by atoms with Gasteiger partial charge in [0.2, 0.25) is 0 Å². The lowest BCUT2D eigenvalue weighted by Gasteiger charge is -2.14. The van der Waals surface area contributed by atoms with E-state index in [4.69, 9.17) is 5.11 Å². The first-order valence-corrected chi connectivity index (χ1v) is 6.23. The van der Waals surface area contributed by atoms with E-state index < -0.39 is 10.9 Å². The van der Waals surface area contributed by atoms with E-state index in [2.05, 4.69) is 12.2 Å². The summed E-state index contributed by atoms with van der Waals surface area (Å²) in [5, 5.41) is 22.9. The lowest BCUT2D eigenvalue weighted by atomic mass is 10.0. The highest BCUT2D eigenvalue weighted by molar-refractivity contribution is 5.89. The van der Waals surface area contributed by atoms with Crippen LogP contribution in [-0.2, 0) is 0 Å². The molecule has 0 aromatic heterocycles. The van der Waals surface area contributed by atoms with E-state index in [-0.39, 0.29) is 16.7 Å². The van der Waals surface area contributed by atoms with E-state index >= 15 is 0 Å². The number of aromatic carboxylic acids is 1. The van der Waals surface area contributed by atoms with Crippen LogP contribution in [0.5, 0.6) is 0 Å². The second-order valence-corrected chi connectivity index (χ2v) is 5.00. The Balaban J connectivity index is 2.19. The van der Waals surface area contributed by atoms with Gasteiger partial charge in [0.1, 0.15) is 5.69 Å². The van der Waals surface area contributed by atoms with Crippen molar-refractivity contribution >= 4 is 17.3 Å². The topological polar surface area (TPSA) is 92.5 Å². The molecule has 0 amide bonds. The average Bonchev–Trinajstić information content (AvgIpc) is 3.16. The minimum atomic E-state index is -1.16. The first-order chi connectivity index (χ1) is 8.97. The highest BCUT2D eigenvalue weighted by Crippen LogP contribution is 2.48. The van der Waals surface area contributed by atoms with E-state index in [0.29, 0.717) is 12.2 Å². The zero-order valence-electron chi connectivity index (χ0n) is 10.7. The predicted octanol–water partition coefficient (Wildman–Crippen LogP) is 2.90. The van der Waals surface area contributed by atoms with Crippen molar-refractivity contribution in [3.05, 3.63) is 33.9 Å². The van der Waals surface area contributed by atoms with Crippen molar-refractivity contribution in [1.82, 2.24) is 0 Å². The molecule has 0 atom stereocenters. The molecule has 0 unspecified atom stereocenters. The maximum Gasteiger partial charge on any atom is 0.335 e. The molecule has 19 heavy (non-hydrogen) atoms. The maximum absolute atomic E-state index is 11.0. The second-order valence-electron chi connectivity index (χ2n) is 5.00. The lowest BCUT2D eigenvalue weighted by molar-refractivity contribution is -0.384. The van der Waals surface area contributed by atoms with Crippen LogP contribution in [0.2, 0.25) is 0 Å². The first-order valence-electron chi connectivity index (χ1n) is 6.23. The molecule has 0 aliphatic heterocycles. The molecule has 1 aliphatic rings. The first kappa shape index (κ1) is 13.3. The zero-order valence-corrected chi connectivity index (χ0v) is 10.7. The van der Waals surface area contributed by atoms with Crippen molar-refractivity contribution in [1.29, 1.82) is 0 Å². The molecule has 1 saturated carbocycles. The van der Waals surface area contributed by atoms with Crippen LogP contribution in [0.4, 0.5) is 11.4 Å². The van der Waals surface area contributed by atoms with Gasteiger partial charge in [-0.05, 0) is 36.8 Å². The van der Waals surface area contributed by atoms with Gasteiger partial charge in [0.15, 0.2) is 0 Å². The Morgan fingerprint density at radius 2 is 2.21 bits per heavy atom. The number of nitro groups is 1. The van der Waals surface area contributed by atoms with Gasteiger partial charge in [-0.2, -0.15) is 0 Å². The molecule has 2 rings (SSSR count). The minimum Gasteiger partial charge on any atom is -0.478 e. The van der Waals surface area contributed by atoms with Gasteiger partial charge in [-0.15, -0.1) is 0 Å². The summed E-state index contributed by atoms with van der Waals surface area (Å²) >= 11 is 0. The molecule has 1 aromatic carbocycles. The number of nitro benzene ring substituents is 1. The van der Waals surface area contributed by atoms with E-state index in [1.807, 2.05) is 0 Å². The largest absolute Gasteiger partial charge is 0.478 e. The van der Waals surface area contributed by atoms with Crippen LogP contribution in [0.25, 0.3) is 0 Å². The van der Waals surface area contributed by atoms with Gasteiger partial charge in [0.25, 0.3) is 5.69 Å². The Hall–Kier alpha value is -2.11. The summed E-state index contributed by atoms with van der Waals surface area (Å²) in [6, 6.07) is 3.94. The SMILES string of the molecule is CCC1(CNc2ccc(C(=O)O)cc2[N+](=O)[O-])CC1. The number of carboxylic acid groups (broad SMARTS) is 1. The second kappa shape index (κ2) is 4.87. The van der Waals surface area contributed by atoms with Crippen LogP contribution in [0, 0.1) is 15.5 Å². The smallest absolute Gasteiger partial charge is 0.335 e. The molecule has 6 nitrogen and oxygen atoms in total. The molecule has 1 aliphatic carbocycles. The number of carboxylic acids is 1. The van der Waals surface area contributed by atoms with E-state index in [0.717, 1.165) is 25.3 Å². The van der Waals surface area contributed by atoms with Crippen molar-refractivity contribution in [3.63, 3.8) is 0 Å². The normalized spacial score (nSPS) is 15.8. The zero-order chi connectivity index (χ0) is 14.0. The Bertz CT molecular complexity index is 523. The van der Waals surface area contributed by atoms with E-state index in [9.17, 15) is 14.9 Å². The molecular weight excluding hydrogens is 248 g/mol. The molecule has 1 aromatic rings. The van der Waals surface area contributed by atoms with Crippen LogP contribution >= 0.6 is 0 Å². The molecule has 1 fully saturated rings. The fourth-order valence-corrected chi connectivity index (χ4v) is 2.08. The van der Waals surface area contributed by atoms with Gasteiger partial charge >= 0.3 is 5.97 Å². The standard InChI is InChI=1S/C13H16N2O4/c1-2-13(5-6-13)8-14-10-4-3-9(12(16)17)7-11(10)15(18)19/h3-4,7,14H,2,5-6,8H2,1H3,(H,16,17). The molecule has 0 spiro atoms. The van der Waals surface area contributed by atoms with Crippen molar-refractivity contribution in [2.75, 3.05) is 11.9 Å². The predicted molar refractivity (Wildman–Crippen MR) is 70.5 cm³/mol. The number of nitrogens with one attached hydrogen (secondary N) is 1. The van der Waals surface area contributed by atoms with Crippen LogP contribution < -0.4 is 5.32 Å². The fraction of sp³-hybridized carbons (Fsp3) is 0.462. The van der Waals surface area contributed by atoms with Crippen LogP contribution in [0.15, 0.2) is 18.2 Å². The van der Waals surface area contributed by atoms with Crippen molar-refractivity contribution < 1.29 is 14.8 Å². The van der Waals surface area contributed by atoms with Gasteiger partial charge in [0, 0.05) is 12.6 Å². The summed E-state index contributed by atoms with van der Waals surface area (Å²) in [7, 11) is 0. The van der Waals surface area contributed by atoms with E-state index in [1.165, 1.54) is 12.1 Å². The van der Waals surface area contributed by atoms with Gasteiger partial charge in [-0.25, -0.2) is 4.79 Å². The number of hydrogen-bond acceptors (Lipinski definition) is 4. The van der Waals surface area contributed by atoms with Crippen molar-refractivity contribution in [2.24, 2.45) is 5.41 Å². The van der Waals surface area contributed by atoms with Gasteiger partial charge < -0.3 is 10.4 Å². The van der Waals surface area contributed by atoms with Crippen LogP contribution in [-0.4, -0.2) is 22.5 Å². The molecule has 0 radical (unpaired) electrons. The summed E-state index contributed by atoms with van der Waals surface area (Å²) in [6.07, 6.45) is 3.32. The molecular formula is C13H16N2O4. The Morgan fingerprint density at radius 3 is 2.68 bits per heavy atom. The van der Waals surface area contributed by atoms with Gasteiger partial charge in [-0.1, -0.05) is 6.92 Å². The van der Waals surface area contributed by atoms with E-state index in [1.54, 1.807) is 0 Å². The third-order valence-corrected chi connectivity index (χ3v) is 3.80. The average molecular weight is 264 g/mol. The quantitative estimate of drug-likeness (QED) is 0.608. The lowest BCUT2D eigenvalue weighted by Crippen LogP contribution is -2.15. The number of nitrogens with zero attached hydrogens (tertiary/aromatic N) is 1. The molecule has 0 heterocycles. The number of anilines is 1. The summed E-state index contributed by atoms with van der Waals surface area (Å²) < 4.78 is 0. The number of carbonyl (C=O) groups is 1. The third kappa shape index (κ3) is 2.83. The number of hydrogen-bond donors (Lipinski definition) is 2. The molecule has 2 N–H and O–H groups in total. The Labute approximate surface area is 110 Å². The Kier molecular flexibility index (Phi) is 3.42. The van der Waals surface area contributed by atoms with Gasteiger partial charge in [0.05, 0.1) is 10.5 Å². The van der Waals surface area contributed by atoms with Crippen molar-refractivity contribution in [2.45, 2.75) is 26.2 Å². The molecule has 102 valence electrons. The highest BCUT2D eigenvalue weighted by atomic mass is 16.6. The number of rotatable bonds is 6. The molecule has 0 bridgehead atoms. The summed E-state index contributed by atoms with van der Waals surface area (Å²) in [5.74, 6) is -1.16. The highest BCUT2D eigenvalue weighted by Gasteiger charge is 2.40. The third-order valence-electron chi connectivity index (χ3n) is 3.80. The maximum atomic E-state index is 11.0. The van der Waals surface area contributed by atoms with Crippen LogP contribution in [0.3, 0.4) is 0 Å². The van der Waals surface area contributed by atoms with Crippen molar-refractivity contribution in [3.8, 4) is 0 Å². The fourth-order valence-electron chi connectivity index (χ4n) is 2.08. The molecule has 0 saturated heterocycles. The molecule has 6 heteroatoms. The summed E-state index contributed by atoms with van der Waals surface area (Å²) in [5.41, 5.74) is 0.384. The van der Waals surface area contributed by atoms with Gasteiger partial charge in [-0.3, -0.25) is 10.1 Å². The van der Waals surface area contributed by atoms with Crippen LogP contribution in [0.1, 0.15) is 36.5 Å². The summed E-state index contributed by atoms with van der Waals surface area (Å²) in [6.45, 7) is 2.80. The summed E-state index contributed by atoms with van der Waals surface area (Å²) in [4.78, 5) is 21.2. The minimum absolute atomic E-state index is 0.0751. The number of benzene rings is 1. The Morgan fingerprint density at radius 1 is 1.53 bits per heavy atom.